The molecule has 1 aromatic carbocycles. The molecule has 1 aliphatic rings. The number of hydrogen-bond acceptors (Lipinski definition) is 3. The van der Waals surface area contributed by atoms with E-state index in [0.717, 1.165) is 0 Å². The largest absolute Gasteiger partial charge is 0.454 e. The van der Waals surface area contributed by atoms with Gasteiger partial charge in [0, 0.05) is 0 Å². The Hall–Kier alpha value is -1.77. The number of benzene rings is 1. The van der Waals surface area contributed by atoms with Crippen LogP contribution < -0.4 is 9.47 Å². The Morgan fingerprint density at radius 1 is 1.38 bits per heavy atom. The summed E-state index contributed by atoms with van der Waals surface area (Å²) in [7, 11) is 0. The lowest BCUT2D eigenvalue weighted by Gasteiger charge is -2.02. The van der Waals surface area contributed by atoms with Crippen molar-refractivity contribution in [2.45, 2.75) is 0 Å². The molecule has 0 spiro atoms. The Balaban J connectivity index is 2.65. The van der Waals surface area contributed by atoms with Gasteiger partial charge in [-0.1, -0.05) is 18.7 Å². The van der Waals surface area contributed by atoms with Gasteiger partial charge in [-0.15, -0.1) is 0 Å². The lowest BCUT2D eigenvalue weighted by molar-refractivity contribution is 0.111. The molecular formula is C10H7O3. The molecule has 1 aliphatic heterocycles. The monoisotopic (exact) mass is 175 g/mol. The van der Waals surface area contributed by atoms with Crippen LogP contribution in [0.4, 0.5) is 0 Å². The number of fused-ring (bicyclic) bond motifs is 1. The minimum atomic E-state index is 0.157. The third-order valence-corrected chi connectivity index (χ3v) is 1.91. The van der Waals surface area contributed by atoms with Gasteiger partial charge in [0.25, 0.3) is 0 Å². The van der Waals surface area contributed by atoms with Crippen LogP contribution in [0.5, 0.6) is 11.5 Å². The van der Waals surface area contributed by atoms with Crippen LogP contribution in [0, 0.1) is 6.58 Å². The second-order valence-corrected chi connectivity index (χ2v) is 2.59. The van der Waals surface area contributed by atoms with Crippen LogP contribution in [0.25, 0.3) is 6.08 Å². The fourth-order valence-corrected chi connectivity index (χ4v) is 1.28. The molecule has 1 aromatic rings. The molecule has 0 N–H and O–H groups in total. The highest BCUT2D eigenvalue weighted by Crippen LogP contribution is 2.36. The van der Waals surface area contributed by atoms with E-state index < -0.39 is 0 Å². The van der Waals surface area contributed by atoms with Gasteiger partial charge in [0.05, 0.1) is 5.56 Å². The van der Waals surface area contributed by atoms with Gasteiger partial charge in [0.15, 0.2) is 17.8 Å². The molecular weight excluding hydrogens is 168 g/mol. The molecule has 0 saturated carbocycles. The summed E-state index contributed by atoms with van der Waals surface area (Å²) in [6, 6.07) is 3.45. The molecule has 0 saturated heterocycles. The number of carbonyl (C=O) groups excluding carboxylic acids is 1. The van der Waals surface area contributed by atoms with Crippen LogP contribution in [-0.4, -0.2) is 13.1 Å². The molecule has 0 unspecified atom stereocenters. The molecule has 3 nitrogen and oxygen atoms in total. The zero-order valence-corrected chi connectivity index (χ0v) is 6.82. The summed E-state index contributed by atoms with van der Waals surface area (Å²) in [5, 5.41) is 0. The van der Waals surface area contributed by atoms with Gasteiger partial charge in [-0.2, -0.15) is 0 Å². The summed E-state index contributed by atoms with van der Waals surface area (Å²) in [5.41, 5.74) is 1.09. The van der Waals surface area contributed by atoms with Crippen LogP contribution in [0.2, 0.25) is 0 Å². The van der Waals surface area contributed by atoms with E-state index in [-0.39, 0.29) is 6.79 Å². The van der Waals surface area contributed by atoms with Crippen molar-refractivity contribution < 1.29 is 14.3 Å². The maximum Gasteiger partial charge on any atom is 0.231 e. The highest BCUT2D eigenvalue weighted by molar-refractivity contribution is 5.87. The van der Waals surface area contributed by atoms with Crippen molar-refractivity contribution in [2.24, 2.45) is 0 Å². The van der Waals surface area contributed by atoms with Crippen molar-refractivity contribution in [1.82, 2.24) is 0 Å². The quantitative estimate of drug-likeness (QED) is 0.641. The van der Waals surface area contributed by atoms with Gasteiger partial charge in [-0.05, 0) is 11.6 Å². The normalized spacial score (nSPS) is 12.6. The summed E-state index contributed by atoms with van der Waals surface area (Å²) in [4.78, 5) is 10.7. The first-order valence-corrected chi connectivity index (χ1v) is 3.79. The van der Waals surface area contributed by atoms with Crippen LogP contribution in [-0.2, 0) is 0 Å². The molecule has 3 heteroatoms. The molecule has 0 amide bonds. The third-order valence-electron chi connectivity index (χ3n) is 1.91. The van der Waals surface area contributed by atoms with Gasteiger partial charge in [-0.3, -0.25) is 4.79 Å². The number of carbonyl (C=O) groups is 1. The average Bonchev–Trinajstić information content (AvgIpc) is 2.63. The van der Waals surface area contributed by atoms with Crippen molar-refractivity contribution >= 4 is 12.4 Å². The summed E-state index contributed by atoms with van der Waals surface area (Å²) >= 11 is 0. The first-order chi connectivity index (χ1) is 6.36. The van der Waals surface area contributed by atoms with E-state index in [1.807, 2.05) is 0 Å². The molecule has 65 valence electrons. The number of rotatable bonds is 2. The smallest absolute Gasteiger partial charge is 0.231 e. The summed E-state index contributed by atoms with van der Waals surface area (Å²) < 4.78 is 10.2. The zero-order chi connectivity index (χ0) is 9.26. The Morgan fingerprint density at radius 3 is 2.92 bits per heavy atom. The van der Waals surface area contributed by atoms with Crippen LogP contribution in [0.1, 0.15) is 15.9 Å². The van der Waals surface area contributed by atoms with Gasteiger partial charge < -0.3 is 9.47 Å². The molecule has 2 rings (SSSR count). The van der Waals surface area contributed by atoms with E-state index in [2.05, 4.69) is 0 Å². The third kappa shape index (κ3) is 1.09. The van der Waals surface area contributed by atoms with Crippen LogP contribution >= 0.6 is 0 Å². The number of ether oxygens (including phenoxy) is 2. The van der Waals surface area contributed by atoms with Crippen molar-refractivity contribution in [3.63, 3.8) is 0 Å². The van der Waals surface area contributed by atoms with E-state index in [1.165, 1.54) is 6.08 Å². The molecule has 1 heterocycles. The van der Waals surface area contributed by atoms with Crippen molar-refractivity contribution in [3.8, 4) is 11.5 Å². The van der Waals surface area contributed by atoms with Crippen LogP contribution in [0.15, 0.2) is 12.1 Å². The summed E-state index contributed by atoms with van der Waals surface area (Å²) in [6.45, 7) is 5.50. The predicted octanol–water partition coefficient (Wildman–Crippen LogP) is 1.67. The molecule has 0 fully saturated rings. The van der Waals surface area contributed by atoms with E-state index in [1.54, 1.807) is 12.1 Å². The SMILES string of the molecule is [CH]=Cc1ccc2c(c1C=O)OCO2. The summed E-state index contributed by atoms with van der Waals surface area (Å²) in [5.74, 6) is 1.07. The highest BCUT2D eigenvalue weighted by atomic mass is 16.7. The Morgan fingerprint density at radius 2 is 2.23 bits per heavy atom. The molecule has 0 atom stereocenters. The number of aldehydes is 1. The van der Waals surface area contributed by atoms with Crippen LogP contribution in [0.3, 0.4) is 0 Å². The first kappa shape index (κ1) is 7.86. The van der Waals surface area contributed by atoms with E-state index in [0.29, 0.717) is 28.9 Å². The zero-order valence-electron chi connectivity index (χ0n) is 6.82. The molecule has 13 heavy (non-hydrogen) atoms. The number of hydrogen-bond donors (Lipinski definition) is 0. The maximum absolute atomic E-state index is 10.7. The van der Waals surface area contributed by atoms with Gasteiger partial charge in [0.2, 0.25) is 6.79 Å². The van der Waals surface area contributed by atoms with Gasteiger partial charge >= 0.3 is 0 Å². The standard InChI is InChI=1S/C10H7O3/c1-2-7-3-4-9-10(8(7)5-11)13-6-12-9/h1-5H,6H2. The topological polar surface area (TPSA) is 35.5 Å². The van der Waals surface area contributed by atoms with Crippen molar-refractivity contribution in [3.05, 3.63) is 29.8 Å². The fraction of sp³-hybridized carbons (Fsp3) is 0.100. The first-order valence-electron chi connectivity index (χ1n) is 3.79. The fourth-order valence-electron chi connectivity index (χ4n) is 1.28. The average molecular weight is 175 g/mol. The molecule has 0 aromatic heterocycles. The van der Waals surface area contributed by atoms with Crippen molar-refractivity contribution in [2.75, 3.05) is 6.79 Å². The van der Waals surface area contributed by atoms with E-state index >= 15 is 0 Å². The Kier molecular flexibility index (Phi) is 1.77. The minimum Gasteiger partial charge on any atom is -0.454 e. The maximum atomic E-state index is 10.7. The minimum absolute atomic E-state index is 0.157. The second kappa shape index (κ2) is 2.94. The van der Waals surface area contributed by atoms with Gasteiger partial charge in [0.1, 0.15) is 0 Å². The summed E-state index contributed by atoms with van der Waals surface area (Å²) in [6.07, 6.45) is 2.08. The molecule has 1 radical (unpaired) electrons. The second-order valence-electron chi connectivity index (χ2n) is 2.59. The predicted molar refractivity (Wildman–Crippen MR) is 46.7 cm³/mol. The lowest BCUT2D eigenvalue weighted by Crippen LogP contribution is -1.94. The molecule has 0 aliphatic carbocycles. The van der Waals surface area contributed by atoms with Crippen molar-refractivity contribution in [1.29, 1.82) is 0 Å². The van der Waals surface area contributed by atoms with Gasteiger partial charge in [-0.25, -0.2) is 0 Å². The lowest BCUT2D eigenvalue weighted by atomic mass is 10.1. The Labute approximate surface area is 75.6 Å². The molecule has 0 bridgehead atoms. The van der Waals surface area contributed by atoms with E-state index in [4.69, 9.17) is 16.1 Å². The Bertz CT molecular complexity index is 369. The van der Waals surface area contributed by atoms with E-state index in [9.17, 15) is 4.79 Å². The highest BCUT2D eigenvalue weighted by Gasteiger charge is 2.18.